The summed E-state index contributed by atoms with van der Waals surface area (Å²) in [5.41, 5.74) is -0.271. The molecule has 7 nitrogen and oxygen atoms in total. The van der Waals surface area contributed by atoms with E-state index in [0.29, 0.717) is 0 Å². The first-order chi connectivity index (χ1) is 10.0. The van der Waals surface area contributed by atoms with Crippen molar-refractivity contribution >= 4 is 17.8 Å². The molecule has 0 aromatic rings. The number of aliphatic hydroxyl groups excluding tert-OH is 1. The molecule has 0 bridgehead atoms. The van der Waals surface area contributed by atoms with Crippen LogP contribution in [0, 0.1) is 0 Å². The van der Waals surface area contributed by atoms with Gasteiger partial charge in [0.25, 0.3) is 5.91 Å². The normalized spacial score (nSPS) is 23.4. The second-order valence-electron chi connectivity index (χ2n) is 5.27. The molecule has 0 aromatic heterocycles. The summed E-state index contributed by atoms with van der Waals surface area (Å²) in [6, 6.07) is -1.25. The molecule has 1 aliphatic heterocycles. The number of amides is 2. The summed E-state index contributed by atoms with van der Waals surface area (Å²) in [6.45, 7) is 0. The predicted octanol–water partition coefficient (Wildman–Crippen LogP) is 0.261. The van der Waals surface area contributed by atoms with Gasteiger partial charge in [0.2, 0.25) is 5.91 Å². The zero-order valence-electron chi connectivity index (χ0n) is 12.2. The fourth-order valence-corrected chi connectivity index (χ4v) is 3.07. The van der Waals surface area contributed by atoms with Crippen molar-refractivity contribution in [2.45, 2.75) is 44.2 Å². The first-order valence-corrected chi connectivity index (χ1v) is 7.08. The third-order valence-electron chi connectivity index (χ3n) is 4.11. The van der Waals surface area contributed by atoms with Gasteiger partial charge in [-0.2, -0.15) is 0 Å². The average molecular weight is 296 g/mol. The van der Waals surface area contributed by atoms with Gasteiger partial charge < -0.3 is 20.1 Å². The molecule has 2 N–H and O–H groups in total. The molecule has 1 atom stereocenters. The quantitative estimate of drug-likeness (QED) is 0.728. The predicted molar refractivity (Wildman–Crippen MR) is 73.2 cm³/mol. The summed E-state index contributed by atoms with van der Waals surface area (Å²) in [7, 11) is 2.58. The number of likely N-dealkylation sites (N-methyl/N-ethyl adjacent to an activating group) is 1. The van der Waals surface area contributed by atoms with Crippen molar-refractivity contribution in [2.75, 3.05) is 14.2 Å². The van der Waals surface area contributed by atoms with Gasteiger partial charge in [-0.1, -0.05) is 19.3 Å². The van der Waals surface area contributed by atoms with Gasteiger partial charge in [-0.05, 0) is 12.8 Å². The van der Waals surface area contributed by atoms with Crippen LogP contribution in [0.1, 0.15) is 32.1 Å². The van der Waals surface area contributed by atoms with E-state index in [4.69, 9.17) is 0 Å². The van der Waals surface area contributed by atoms with Gasteiger partial charge >= 0.3 is 5.97 Å². The van der Waals surface area contributed by atoms with E-state index in [2.05, 4.69) is 10.1 Å². The van der Waals surface area contributed by atoms with E-state index in [0.717, 1.165) is 39.2 Å². The van der Waals surface area contributed by atoms with Crippen LogP contribution in [0.25, 0.3) is 0 Å². The molecular weight excluding hydrogens is 276 g/mol. The van der Waals surface area contributed by atoms with Crippen LogP contribution in [-0.4, -0.2) is 54.0 Å². The summed E-state index contributed by atoms with van der Waals surface area (Å²) in [6.07, 6.45) is 4.54. The SMILES string of the molecule is CNC(=O)[C@H]1C(C(=O)OC)=C(O)C(=O)N1C1CCCCC1. The smallest absolute Gasteiger partial charge is 0.340 e. The number of hydrogen-bond acceptors (Lipinski definition) is 5. The number of rotatable bonds is 3. The van der Waals surface area contributed by atoms with Gasteiger partial charge in [-0.3, -0.25) is 9.59 Å². The van der Waals surface area contributed by atoms with Crippen molar-refractivity contribution in [1.82, 2.24) is 10.2 Å². The molecule has 1 fully saturated rings. The molecule has 2 aliphatic rings. The van der Waals surface area contributed by atoms with Crippen molar-refractivity contribution in [3.63, 3.8) is 0 Å². The maximum Gasteiger partial charge on any atom is 0.340 e. The molecule has 21 heavy (non-hydrogen) atoms. The first-order valence-electron chi connectivity index (χ1n) is 7.08. The number of ether oxygens (including phenoxy) is 1. The van der Waals surface area contributed by atoms with E-state index in [-0.39, 0.29) is 11.6 Å². The molecule has 0 aromatic carbocycles. The highest BCUT2D eigenvalue weighted by molar-refractivity contribution is 6.12. The lowest BCUT2D eigenvalue weighted by atomic mass is 9.93. The van der Waals surface area contributed by atoms with E-state index in [1.54, 1.807) is 0 Å². The maximum absolute atomic E-state index is 12.3. The molecule has 1 saturated carbocycles. The topological polar surface area (TPSA) is 95.9 Å². The van der Waals surface area contributed by atoms with Crippen molar-refractivity contribution < 1.29 is 24.2 Å². The Bertz CT molecular complexity index is 494. The number of hydrogen-bond donors (Lipinski definition) is 2. The number of methoxy groups -OCH3 is 1. The third kappa shape index (κ3) is 2.59. The van der Waals surface area contributed by atoms with Gasteiger partial charge in [0.15, 0.2) is 5.76 Å². The Morgan fingerprint density at radius 1 is 1.29 bits per heavy atom. The van der Waals surface area contributed by atoms with Gasteiger partial charge in [0, 0.05) is 13.1 Å². The minimum Gasteiger partial charge on any atom is -0.503 e. The zero-order valence-corrected chi connectivity index (χ0v) is 12.2. The fraction of sp³-hybridized carbons (Fsp3) is 0.643. The van der Waals surface area contributed by atoms with Gasteiger partial charge in [0.05, 0.1) is 7.11 Å². The molecule has 1 heterocycles. The Labute approximate surface area is 122 Å². The third-order valence-corrected chi connectivity index (χ3v) is 4.11. The molecule has 0 saturated heterocycles. The fourth-order valence-electron chi connectivity index (χ4n) is 3.07. The Kier molecular flexibility index (Phi) is 4.50. The summed E-state index contributed by atoms with van der Waals surface area (Å²) in [5, 5.41) is 12.4. The van der Waals surface area contributed by atoms with Crippen LogP contribution in [0.5, 0.6) is 0 Å². The molecule has 0 spiro atoms. The van der Waals surface area contributed by atoms with Crippen LogP contribution in [0.15, 0.2) is 11.3 Å². The van der Waals surface area contributed by atoms with Crippen molar-refractivity contribution in [3.05, 3.63) is 11.3 Å². The monoisotopic (exact) mass is 296 g/mol. The second kappa shape index (κ2) is 6.15. The van der Waals surface area contributed by atoms with Crippen molar-refractivity contribution in [1.29, 1.82) is 0 Å². The zero-order chi connectivity index (χ0) is 15.6. The van der Waals surface area contributed by atoms with Crippen LogP contribution in [0.4, 0.5) is 0 Å². The number of nitrogens with one attached hydrogen (secondary N) is 1. The lowest BCUT2D eigenvalue weighted by Gasteiger charge is -2.35. The highest BCUT2D eigenvalue weighted by Gasteiger charge is 2.49. The Morgan fingerprint density at radius 3 is 2.43 bits per heavy atom. The van der Waals surface area contributed by atoms with Gasteiger partial charge in [-0.15, -0.1) is 0 Å². The van der Waals surface area contributed by atoms with E-state index < -0.39 is 29.6 Å². The minimum atomic E-state index is -1.11. The summed E-state index contributed by atoms with van der Waals surface area (Å²) in [4.78, 5) is 37.6. The number of aliphatic hydroxyl groups is 1. The number of carbonyl (C=O) groups excluding carboxylic acids is 3. The minimum absolute atomic E-state index is 0.141. The second-order valence-corrected chi connectivity index (χ2v) is 5.27. The number of esters is 1. The Morgan fingerprint density at radius 2 is 1.90 bits per heavy atom. The first kappa shape index (κ1) is 15.3. The lowest BCUT2D eigenvalue weighted by molar-refractivity contribution is -0.141. The molecule has 116 valence electrons. The highest BCUT2D eigenvalue weighted by atomic mass is 16.5. The van der Waals surface area contributed by atoms with Crippen LogP contribution in [0.3, 0.4) is 0 Å². The van der Waals surface area contributed by atoms with E-state index in [1.807, 2.05) is 0 Å². The van der Waals surface area contributed by atoms with E-state index in [1.165, 1.54) is 11.9 Å². The molecule has 0 radical (unpaired) electrons. The largest absolute Gasteiger partial charge is 0.503 e. The maximum atomic E-state index is 12.3. The molecule has 7 heteroatoms. The van der Waals surface area contributed by atoms with Gasteiger partial charge in [-0.25, -0.2) is 4.79 Å². The van der Waals surface area contributed by atoms with Crippen LogP contribution < -0.4 is 5.32 Å². The van der Waals surface area contributed by atoms with E-state index >= 15 is 0 Å². The summed E-state index contributed by atoms with van der Waals surface area (Å²) < 4.78 is 4.60. The van der Waals surface area contributed by atoms with E-state index in [9.17, 15) is 19.5 Å². The van der Waals surface area contributed by atoms with Crippen LogP contribution in [-0.2, 0) is 19.1 Å². The molecule has 0 unspecified atom stereocenters. The average Bonchev–Trinajstić information content (AvgIpc) is 2.78. The number of nitrogens with zero attached hydrogens (tertiary/aromatic N) is 1. The van der Waals surface area contributed by atoms with Crippen LogP contribution >= 0.6 is 0 Å². The molecular formula is C14H20N2O5. The standard InChI is InChI=1S/C14H20N2O5/c1-15-12(18)10-9(14(20)21-2)11(17)13(19)16(10)8-6-4-3-5-7-8/h8,10,17H,3-7H2,1-2H3,(H,15,18)/t10-/m1/s1. The Balaban J connectivity index is 2.39. The molecule has 1 aliphatic carbocycles. The number of carbonyl (C=O) groups is 3. The van der Waals surface area contributed by atoms with Crippen molar-refractivity contribution in [3.8, 4) is 0 Å². The lowest BCUT2D eigenvalue weighted by Crippen LogP contribution is -2.51. The summed E-state index contributed by atoms with van der Waals surface area (Å²) in [5.74, 6) is -2.71. The Hall–Kier alpha value is -2.05. The van der Waals surface area contributed by atoms with Crippen LogP contribution in [0.2, 0.25) is 0 Å². The van der Waals surface area contributed by atoms with Gasteiger partial charge in [0.1, 0.15) is 11.6 Å². The highest BCUT2D eigenvalue weighted by Crippen LogP contribution is 2.33. The molecule has 2 amide bonds. The molecule has 2 rings (SSSR count). The summed E-state index contributed by atoms with van der Waals surface area (Å²) >= 11 is 0. The van der Waals surface area contributed by atoms with Crippen molar-refractivity contribution in [2.24, 2.45) is 0 Å².